The van der Waals surface area contributed by atoms with E-state index in [1.54, 1.807) is 19.3 Å². The lowest BCUT2D eigenvalue weighted by Gasteiger charge is -2.14. The molecular formula is C21H22N2O3S. The summed E-state index contributed by atoms with van der Waals surface area (Å²) in [5.41, 5.74) is 3.39. The van der Waals surface area contributed by atoms with Gasteiger partial charge in [0.1, 0.15) is 18.0 Å². The van der Waals surface area contributed by atoms with Gasteiger partial charge in [-0.2, -0.15) is 0 Å². The predicted molar refractivity (Wildman–Crippen MR) is 113 cm³/mol. The van der Waals surface area contributed by atoms with E-state index in [-0.39, 0.29) is 12.5 Å². The number of carbonyl (C=O) groups excluding carboxylic acids is 1. The highest BCUT2D eigenvalue weighted by Gasteiger charge is 2.10. The normalized spacial score (nSPS) is 10.8. The van der Waals surface area contributed by atoms with Crippen LogP contribution in [0.3, 0.4) is 0 Å². The fraction of sp³-hybridized carbons (Fsp3) is 0.0952. The van der Waals surface area contributed by atoms with Gasteiger partial charge in [-0.3, -0.25) is 4.79 Å². The van der Waals surface area contributed by atoms with E-state index in [4.69, 9.17) is 8.92 Å². The van der Waals surface area contributed by atoms with E-state index >= 15 is 0 Å². The van der Waals surface area contributed by atoms with Gasteiger partial charge in [0, 0.05) is 0 Å². The topological polar surface area (TPSA) is 59.6 Å². The summed E-state index contributed by atoms with van der Waals surface area (Å²) in [4.78, 5) is 12.3. The average molecular weight is 382 g/mol. The second kappa shape index (κ2) is 10.9. The number of allylic oxidation sites excluding steroid dienone is 3. The van der Waals surface area contributed by atoms with Gasteiger partial charge < -0.3 is 19.0 Å². The zero-order valence-electron chi connectivity index (χ0n) is 15.1. The van der Waals surface area contributed by atoms with Crippen LogP contribution < -0.4 is 10.0 Å². The maximum atomic E-state index is 12.3. The number of carbonyl (C=O) groups is 1. The Balaban J connectivity index is 2.18. The van der Waals surface area contributed by atoms with Crippen LogP contribution in [0.15, 0.2) is 85.7 Å². The molecule has 0 spiro atoms. The molecule has 0 radical (unpaired) electrons. The quantitative estimate of drug-likeness (QED) is 0.256. The van der Waals surface area contributed by atoms with Gasteiger partial charge in [-0.1, -0.05) is 55.6 Å². The van der Waals surface area contributed by atoms with Gasteiger partial charge in [-0.15, -0.1) is 0 Å². The molecule has 6 heteroatoms. The number of anilines is 2. The molecule has 0 bridgehead atoms. The van der Waals surface area contributed by atoms with Crippen LogP contribution in [0.5, 0.6) is 0 Å². The van der Waals surface area contributed by atoms with Crippen molar-refractivity contribution in [3.8, 4) is 11.1 Å². The molecule has 0 aromatic heterocycles. The van der Waals surface area contributed by atoms with Crippen LogP contribution in [0.2, 0.25) is 0 Å². The molecule has 0 aliphatic heterocycles. The molecule has 0 heterocycles. The lowest BCUT2D eigenvalue weighted by molar-refractivity contribution is -0.119. The van der Waals surface area contributed by atoms with Gasteiger partial charge in [-0.05, 0) is 35.4 Å². The molecule has 5 nitrogen and oxygen atoms in total. The monoisotopic (exact) mass is 382 g/mol. The molecule has 0 aliphatic rings. The van der Waals surface area contributed by atoms with E-state index in [1.807, 2.05) is 48.5 Å². The highest BCUT2D eigenvalue weighted by molar-refractivity contribution is 7.96. The summed E-state index contributed by atoms with van der Waals surface area (Å²) in [6.45, 7) is 7.09. The number of rotatable bonds is 10. The molecule has 140 valence electrons. The summed E-state index contributed by atoms with van der Waals surface area (Å²) < 4.78 is 13.4. The van der Waals surface area contributed by atoms with Crippen molar-refractivity contribution in [2.45, 2.75) is 0 Å². The van der Waals surface area contributed by atoms with Gasteiger partial charge in [0.05, 0.1) is 18.5 Å². The highest BCUT2D eigenvalue weighted by Crippen LogP contribution is 2.30. The molecule has 1 amide bonds. The highest BCUT2D eigenvalue weighted by atomic mass is 32.2. The van der Waals surface area contributed by atoms with Crippen LogP contribution in [-0.2, 0) is 13.7 Å². The van der Waals surface area contributed by atoms with Gasteiger partial charge in [0.15, 0.2) is 6.61 Å². The number of hydrogen-bond acceptors (Lipinski definition) is 5. The summed E-state index contributed by atoms with van der Waals surface area (Å²) >= 11 is 1.07. The van der Waals surface area contributed by atoms with E-state index in [1.165, 1.54) is 6.08 Å². The van der Waals surface area contributed by atoms with E-state index in [9.17, 15) is 4.79 Å². The lowest BCUT2D eigenvalue weighted by atomic mass is 10.0. The Hall–Kier alpha value is -2.96. The van der Waals surface area contributed by atoms with Crippen LogP contribution in [0.4, 0.5) is 11.4 Å². The first-order valence-electron chi connectivity index (χ1n) is 8.21. The number of nitrogens with one attached hydrogen (secondary N) is 2. The molecule has 0 atom stereocenters. The molecule has 0 unspecified atom stereocenters. The van der Waals surface area contributed by atoms with Crippen molar-refractivity contribution in [1.82, 2.24) is 0 Å². The SMILES string of the molecule is C=C/C=C(\C=C)OCC(=O)Nc1cc(-c2ccccc2)ccc1NSOC. The summed E-state index contributed by atoms with van der Waals surface area (Å²) in [7, 11) is 1.56. The molecule has 2 aromatic carbocycles. The first kappa shape index (κ1) is 20.4. The first-order valence-corrected chi connectivity index (χ1v) is 8.95. The zero-order valence-corrected chi connectivity index (χ0v) is 15.9. The van der Waals surface area contributed by atoms with Crippen molar-refractivity contribution in [2.24, 2.45) is 0 Å². The lowest BCUT2D eigenvalue weighted by Crippen LogP contribution is -2.18. The second-order valence-electron chi connectivity index (χ2n) is 5.32. The fourth-order valence-corrected chi connectivity index (χ4v) is 2.61. The standard InChI is InChI=1S/C21H22N2O3S/c1-4-9-18(5-2)26-15-21(24)22-20-14-17(16-10-7-6-8-11-16)12-13-19(20)23-27-25-3/h4-14,23H,1-2,15H2,3H3,(H,22,24)/b18-9+. The van der Waals surface area contributed by atoms with E-state index < -0.39 is 0 Å². The van der Waals surface area contributed by atoms with E-state index in [0.717, 1.165) is 29.0 Å². The third-order valence-corrected chi connectivity index (χ3v) is 3.96. The van der Waals surface area contributed by atoms with Crippen LogP contribution in [0.25, 0.3) is 11.1 Å². The second-order valence-corrected chi connectivity index (χ2v) is 6.03. The minimum atomic E-state index is -0.289. The first-order chi connectivity index (χ1) is 13.2. The Labute approximate surface area is 164 Å². The summed E-state index contributed by atoms with van der Waals surface area (Å²) in [5, 5.41) is 2.87. The number of benzene rings is 2. The summed E-state index contributed by atoms with van der Waals surface area (Å²) in [6.07, 6.45) is 4.73. The third-order valence-electron chi connectivity index (χ3n) is 3.49. The average Bonchev–Trinajstić information content (AvgIpc) is 2.70. The number of amides is 1. The summed E-state index contributed by atoms with van der Waals surface area (Å²) in [5.74, 6) is 0.189. The van der Waals surface area contributed by atoms with Crippen LogP contribution in [-0.4, -0.2) is 19.6 Å². The molecule has 27 heavy (non-hydrogen) atoms. The molecule has 0 saturated carbocycles. The molecule has 0 fully saturated rings. The predicted octanol–water partition coefficient (Wildman–Crippen LogP) is 5.19. The Bertz CT molecular complexity index is 819. The third kappa shape index (κ3) is 6.36. The molecule has 0 aliphatic carbocycles. The smallest absolute Gasteiger partial charge is 0.262 e. The van der Waals surface area contributed by atoms with Crippen LogP contribution in [0.1, 0.15) is 0 Å². The van der Waals surface area contributed by atoms with Crippen molar-refractivity contribution in [1.29, 1.82) is 0 Å². The number of ether oxygens (including phenoxy) is 1. The van der Waals surface area contributed by atoms with Gasteiger partial charge >= 0.3 is 0 Å². The van der Waals surface area contributed by atoms with Crippen molar-refractivity contribution in [3.63, 3.8) is 0 Å². The largest absolute Gasteiger partial charge is 0.484 e. The maximum Gasteiger partial charge on any atom is 0.262 e. The maximum absolute atomic E-state index is 12.3. The van der Waals surface area contributed by atoms with Crippen LogP contribution >= 0.6 is 12.2 Å². The van der Waals surface area contributed by atoms with Crippen molar-refractivity contribution < 1.29 is 13.7 Å². The molecule has 2 aromatic rings. The Kier molecular flexibility index (Phi) is 8.22. The molecular weight excluding hydrogens is 360 g/mol. The van der Waals surface area contributed by atoms with Gasteiger partial charge in [0.2, 0.25) is 0 Å². The van der Waals surface area contributed by atoms with Crippen molar-refractivity contribution >= 4 is 29.5 Å². The molecule has 0 saturated heterocycles. The van der Waals surface area contributed by atoms with Crippen LogP contribution in [0, 0.1) is 0 Å². The Morgan fingerprint density at radius 3 is 2.56 bits per heavy atom. The van der Waals surface area contributed by atoms with Crippen molar-refractivity contribution in [2.75, 3.05) is 23.8 Å². The summed E-state index contributed by atoms with van der Waals surface area (Å²) in [6, 6.07) is 15.7. The minimum Gasteiger partial charge on any atom is -0.484 e. The molecule has 2 rings (SSSR count). The zero-order chi connectivity index (χ0) is 19.5. The van der Waals surface area contributed by atoms with Gasteiger partial charge in [0.25, 0.3) is 5.91 Å². The molecule has 2 N–H and O–H groups in total. The Morgan fingerprint density at radius 1 is 1.11 bits per heavy atom. The Morgan fingerprint density at radius 2 is 1.89 bits per heavy atom. The number of hydrogen-bond donors (Lipinski definition) is 2. The van der Waals surface area contributed by atoms with Crippen molar-refractivity contribution in [3.05, 3.63) is 85.7 Å². The fourth-order valence-electron chi connectivity index (χ4n) is 2.26. The van der Waals surface area contributed by atoms with Gasteiger partial charge in [-0.25, -0.2) is 0 Å². The van der Waals surface area contributed by atoms with E-state index in [0.29, 0.717) is 11.4 Å². The van der Waals surface area contributed by atoms with E-state index in [2.05, 4.69) is 23.2 Å². The minimum absolute atomic E-state index is 0.141.